The van der Waals surface area contributed by atoms with Crippen molar-refractivity contribution in [1.82, 2.24) is 14.6 Å². The van der Waals surface area contributed by atoms with E-state index in [0.717, 1.165) is 35.7 Å². The van der Waals surface area contributed by atoms with Gasteiger partial charge in [0.05, 0.1) is 18.8 Å². The molecule has 146 valence electrons. The van der Waals surface area contributed by atoms with Gasteiger partial charge in [0, 0.05) is 26.5 Å². The molecule has 0 aliphatic heterocycles. The summed E-state index contributed by atoms with van der Waals surface area (Å²) in [5.74, 6) is 2.48. The van der Waals surface area contributed by atoms with Gasteiger partial charge in [0.1, 0.15) is 17.8 Å². The normalized spacial score (nSPS) is 11.3. The van der Waals surface area contributed by atoms with Crippen LogP contribution in [0.1, 0.15) is 18.4 Å². The first-order chi connectivity index (χ1) is 13.7. The van der Waals surface area contributed by atoms with Gasteiger partial charge < -0.3 is 14.5 Å². The van der Waals surface area contributed by atoms with E-state index in [4.69, 9.17) is 9.47 Å². The summed E-state index contributed by atoms with van der Waals surface area (Å²) in [5.41, 5.74) is 0.926. The van der Waals surface area contributed by atoms with Gasteiger partial charge in [0.2, 0.25) is 0 Å². The van der Waals surface area contributed by atoms with E-state index < -0.39 is 0 Å². The highest BCUT2D eigenvalue weighted by atomic mass is 16.5. The number of hydrogen-bond donors (Lipinski definition) is 0. The Morgan fingerprint density at radius 2 is 1.68 bits per heavy atom. The van der Waals surface area contributed by atoms with E-state index in [2.05, 4.69) is 10.1 Å². The van der Waals surface area contributed by atoms with Gasteiger partial charge in [-0.05, 0) is 37.1 Å². The summed E-state index contributed by atoms with van der Waals surface area (Å²) in [5, 5.41) is 6.39. The zero-order valence-corrected chi connectivity index (χ0v) is 16.4. The molecule has 0 unspecified atom stereocenters. The Hall–Kier alpha value is -3.28. The summed E-state index contributed by atoms with van der Waals surface area (Å²) in [6, 6.07) is 17.8. The Labute approximate surface area is 166 Å². The van der Waals surface area contributed by atoms with Crippen LogP contribution in [0.3, 0.4) is 0 Å². The number of nitrogens with zero attached hydrogens (tertiary/aromatic N) is 4. The minimum atomic E-state index is 0.619. The third-order valence-corrected chi connectivity index (χ3v) is 3.98. The number of hydrogen-bond acceptors (Lipinski definition) is 5. The van der Waals surface area contributed by atoms with Gasteiger partial charge >= 0.3 is 0 Å². The highest BCUT2D eigenvalue weighted by Crippen LogP contribution is 2.20. The monoisotopic (exact) mass is 378 g/mol. The van der Waals surface area contributed by atoms with Crippen molar-refractivity contribution in [1.29, 1.82) is 0 Å². The second kappa shape index (κ2) is 10.2. The van der Waals surface area contributed by atoms with E-state index in [0.29, 0.717) is 13.2 Å². The lowest BCUT2D eigenvalue weighted by atomic mass is 10.2. The molecular formula is C22H26N4O2. The molecule has 1 aromatic heterocycles. The molecule has 0 saturated heterocycles. The molecule has 6 heteroatoms. The zero-order valence-electron chi connectivity index (χ0n) is 16.4. The minimum absolute atomic E-state index is 0.619. The average Bonchev–Trinajstić information content (AvgIpc) is 3.24. The molecule has 0 aliphatic rings. The van der Waals surface area contributed by atoms with Crippen molar-refractivity contribution < 1.29 is 9.47 Å². The van der Waals surface area contributed by atoms with Crippen LogP contribution in [-0.2, 0) is 0 Å². The second-order valence-electron chi connectivity index (χ2n) is 6.45. The first-order valence-electron chi connectivity index (χ1n) is 9.38. The van der Waals surface area contributed by atoms with Gasteiger partial charge in [-0.15, -0.1) is 0 Å². The number of ether oxygens (including phenoxy) is 2. The molecule has 3 aromatic rings. The van der Waals surface area contributed by atoms with E-state index >= 15 is 0 Å². The van der Waals surface area contributed by atoms with E-state index in [1.54, 1.807) is 17.5 Å². The van der Waals surface area contributed by atoms with E-state index in [9.17, 15) is 0 Å². The quantitative estimate of drug-likeness (QED) is 0.245. The van der Waals surface area contributed by atoms with E-state index in [1.165, 1.54) is 0 Å². The van der Waals surface area contributed by atoms with Gasteiger partial charge in [-0.25, -0.2) is 4.98 Å². The van der Waals surface area contributed by atoms with Crippen molar-refractivity contribution in [3.63, 3.8) is 0 Å². The fourth-order valence-corrected chi connectivity index (χ4v) is 2.69. The maximum atomic E-state index is 6.06. The van der Waals surface area contributed by atoms with Gasteiger partial charge in [-0.2, -0.15) is 5.10 Å². The zero-order chi connectivity index (χ0) is 19.6. The summed E-state index contributed by atoms with van der Waals surface area (Å²) in [6.45, 7) is 1.30. The van der Waals surface area contributed by atoms with E-state index in [-0.39, 0.29) is 0 Å². The lowest BCUT2D eigenvalue weighted by molar-refractivity contribution is 0.266. The van der Waals surface area contributed by atoms with Gasteiger partial charge in [0.15, 0.2) is 5.84 Å². The third-order valence-electron chi connectivity index (χ3n) is 3.98. The SMILES string of the molecule is CN(C)N=C(c1ccccc1OCCCCOc1ccccc1)n1ccnc1. The van der Waals surface area contributed by atoms with Crippen LogP contribution in [0.2, 0.25) is 0 Å². The molecule has 0 bridgehead atoms. The molecule has 0 amide bonds. The third kappa shape index (κ3) is 5.61. The number of unbranched alkanes of at least 4 members (excludes halogenated alkanes) is 1. The summed E-state index contributed by atoms with van der Waals surface area (Å²) in [6.07, 6.45) is 7.19. The number of rotatable bonds is 9. The summed E-state index contributed by atoms with van der Waals surface area (Å²) >= 11 is 0. The largest absolute Gasteiger partial charge is 0.494 e. The van der Waals surface area contributed by atoms with Crippen molar-refractivity contribution in [3.8, 4) is 11.5 Å². The molecule has 0 atom stereocenters. The fraction of sp³-hybridized carbons (Fsp3) is 0.273. The molecule has 3 rings (SSSR count). The molecule has 0 radical (unpaired) electrons. The van der Waals surface area contributed by atoms with Gasteiger partial charge in [-0.3, -0.25) is 4.57 Å². The Balaban J connectivity index is 1.57. The number of benzene rings is 2. The molecule has 0 aliphatic carbocycles. The van der Waals surface area contributed by atoms with Crippen LogP contribution in [-0.4, -0.2) is 47.7 Å². The predicted octanol–water partition coefficient (Wildman–Crippen LogP) is 3.89. The van der Waals surface area contributed by atoms with Crippen LogP contribution in [0.25, 0.3) is 0 Å². The predicted molar refractivity (Wildman–Crippen MR) is 111 cm³/mol. The standard InChI is InChI=1S/C22H26N4O2/c1-25(2)24-22(26-15-14-23-18-26)20-12-6-7-13-21(20)28-17-9-8-16-27-19-10-4-3-5-11-19/h3-7,10-15,18H,8-9,16-17H2,1-2H3. The van der Waals surface area contributed by atoms with Crippen molar-refractivity contribution in [2.75, 3.05) is 27.3 Å². The minimum Gasteiger partial charge on any atom is -0.494 e. The van der Waals surface area contributed by atoms with Crippen LogP contribution in [0.4, 0.5) is 0 Å². The molecule has 28 heavy (non-hydrogen) atoms. The molecule has 1 heterocycles. The van der Waals surface area contributed by atoms with Crippen LogP contribution in [0.5, 0.6) is 11.5 Å². The molecule has 0 saturated carbocycles. The Morgan fingerprint density at radius 1 is 0.964 bits per heavy atom. The molecule has 0 N–H and O–H groups in total. The Morgan fingerprint density at radius 3 is 2.39 bits per heavy atom. The smallest absolute Gasteiger partial charge is 0.168 e. The average molecular weight is 378 g/mol. The number of aromatic nitrogens is 2. The summed E-state index contributed by atoms with van der Waals surface area (Å²) < 4.78 is 13.7. The summed E-state index contributed by atoms with van der Waals surface area (Å²) in [4.78, 5) is 4.14. The maximum Gasteiger partial charge on any atom is 0.168 e. The Kier molecular flexibility index (Phi) is 7.07. The topological polar surface area (TPSA) is 51.9 Å². The molecule has 6 nitrogen and oxygen atoms in total. The highest BCUT2D eigenvalue weighted by molar-refractivity contribution is 6.02. The van der Waals surface area contributed by atoms with Crippen molar-refractivity contribution in [3.05, 3.63) is 78.9 Å². The highest BCUT2D eigenvalue weighted by Gasteiger charge is 2.13. The van der Waals surface area contributed by atoms with Gasteiger partial charge in [0.25, 0.3) is 0 Å². The Bertz CT molecular complexity index is 861. The first kappa shape index (κ1) is 19.5. The number of hydrazone groups is 1. The van der Waals surface area contributed by atoms with Crippen LogP contribution >= 0.6 is 0 Å². The lowest BCUT2D eigenvalue weighted by Crippen LogP contribution is -2.18. The van der Waals surface area contributed by atoms with Crippen LogP contribution in [0, 0.1) is 0 Å². The molecular weight excluding hydrogens is 352 g/mol. The molecule has 0 fully saturated rings. The fourth-order valence-electron chi connectivity index (χ4n) is 2.69. The first-order valence-corrected chi connectivity index (χ1v) is 9.38. The van der Waals surface area contributed by atoms with Crippen LogP contribution < -0.4 is 9.47 Å². The van der Waals surface area contributed by atoms with Crippen LogP contribution in [0.15, 0.2) is 78.4 Å². The van der Waals surface area contributed by atoms with Crippen molar-refractivity contribution >= 4 is 5.84 Å². The van der Waals surface area contributed by atoms with Crippen molar-refractivity contribution in [2.24, 2.45) is 5.10 Å². The van der Waals surface area contributed by atoms with Crippen molar-refractivity contribution in [2.45, 2.75) is 12.8 Å². The molecule has 2 aromatic carbocycles. The molecule has 0 spiro atoms. The van der Waals surface area contributed by atoms with E-state index in [1.807, 2.05) is 79.5 Å². The number of para-hydroxylation sites is 2. The lowest BCUT2D eigenvalue weighted by Gasteiger charge is -2.16. The summed E-state index contributed by atoms with van der Waals surface area (Å²) in [7, 11) is 3.79. The second-order valence-corrected chi connectivity index (χ2v) is 6.45. The number of imidazole rings is 1. The maximum absolute atomic E-state index is 6.06. The van der Waals surface area contributed by atoms with Gasteiger partial charge in [-0.1, -0.05) is 30.3 Å².